The lowest BCUT2D eigenvalue weighted by molar-refractivity contribution is -0.110. The van der Waals surface area contributed by atoms with Crippen molar-refractivity contribution in [3.63, 3.8) is 0 Å². The number of thioether (sulfide) groups is 1. The molecule has 0 aliphatic carbocycles. The van der Waals surface area contributed by atoms with Crippen LogP contribution in [0.2, 0.25) is 0 Å². The topological polar surface area (TPSA) is 64.3 Å². The second-order valence-electron chi connectivity index (χ2n) is 3.69. The van der Waals surface area contributed by atoms with Crippen LogP contribution in [-0.4, -0.2) is 33.8 Å². The molecular weight excluding hydrogens is 320 g/mol. The molecule has 0 fully saturated rings. The van der Waals surface area contributed by atoms with Crippen LogP contribution in [0, 0.1) is 0 Å². The minimum Gasteiger partial charge on any atom is -0.366 e. The molecule has 0 bridgehead atoms. The van der Waals surface area contributed by atoms with E-state index in [0.29, 0.717) is 16.2 Å². The lowest BCUT2D eigenvalue weighted by Crippen LogP contribution is -2.30. The van der Waals surface area contributed by atoms with Crippen molar-refractivity contribution in [1.82, 2.24) is 9.55 Å². The Bertz CT molecular complexity index is 439. The second kappa shape index (κ2) is 7.93. The summed E-state index contributed by atoms with van der Waals surface area (Å²) in [7, 11) is 0. The SMILES string of the molecule is CCCCOC(O)Cn1c(SC)ncc(Br)c1=O. The molecule has 1 N–H and O–H groups in total. The van der Waals surface area contributed by atoms with Gasteiger partial charge in [0.15, 0.2) is 11.4 Å². The number of aliphatic hydroxyl groups excluding tert-OH is 1. The molecular formula is C11H17BrN2O3S. The van der Waals surface area contributed by atoms with Crippen molar-refractivity contribution in [3.8, 4) is 0 Å². The first kappa shape index (κ1) is 15.7. The number of ether oxygens (including phenoxy) is 1. The van der Waals surface area contributed by atoms with Crippen LogP contribution in [0.25, 0.3) is 0 Å². The predicted molar refractivity (Wildman–Crippen MR) is 74.8 cm³/mol. The number of hydrogen-bond acceptors (Lipinski definition) is 5. The van der Waals surface area contributed by atoms with Crippen molar-refractivity contribution in [2.75, 3.05) is 12.9 Å². The Balaban J connectivity index is 2.76. The average molecular weight is 337 g/mol. The number of hydrogen-bond donors (Lipinski definition) is 1. The normalized spacial score (nSPS) is 12.7. The van der Waals surface area contributed by atoms with Gasteiger partial charge in [0.25, 0.3) is 5.56 Å². The Hall–Kier alpha value is -0.370. The fourth-order valence-corrected chi connectivity index (χ4v) is 2.20. The Labute approximate surface area is 119 Å². The van der Waals surface area contributed by atoms with E-state index >= 15 is 0 Å². The van der Waals surface area contributed by atoms with Crippen LogP contribution in [0.5, 0.6) is 0 Å². The van der Waals surface area contributed by atoms with E-state index in [1.807, 2.05) is 13.2 Å². The average Bonchev–Trinajstić information content (AvgIpc) is 2.36. The first-order chi connectivity index (χ1) is 8.60. The lowest BCUT2D eigenvalue weighted by atomic mass is 10.4. The molecule has 1 rings (SSSR count). The van der Waals surface area contributed by atoms with E-state index in [4.69, 9.17) is 4.74 Å². The van der Waals surface area contributed by atoms with Crippen molar-refractivity contribution in [1.29, 1.82) is 0 Å². The molecule has 102 valence electrons. The maximum Gasteiger partial charge on any atom is 0.268 e. The maximum absolute atomic E-state index is 11.9. The van der Waals surface area contributed by atoms with Gasteiger partial charge in [-0.25, -0.2) is 4.98 Å². The van der Waals surface area contributed by atoms with Gasteiger partial charge in [0, 0.05) is 12.8 Å². The number of halogens is 1. The fourth-order valence-electron chi connectivity index (χ4n) is 1.35. The van der Waals surface area contributed by atoms with Crippen LogP contribution in [0.4, 0.5) is 0 Å². The van der Waals surface area contributed by atoms with Gasteiger partial charge in [0.05, 0.1) is 6.54 Å². The van der Waals surface area contributed by atoms with Crippen molar-refractivity contribution >= 4 is 27.7 Å². The van der Waals surface area contributed by atoms with Gasteiger partial charge in [-0.3, -0.25) is 9.36 Å². The monoisotopic (exact) mass is 336 g/mol. The third kappa shape index (κ3) is 4.38. The standard InChI is InChI=1S/C11H17BrN2O3S/c1-3-4-5-17-9(15)7-14-10(16)8(12)6-13-11(14)18-2/h6,9,15H,3-5,7H2,1-2H3. The van der Waals surface area contributed by atoms with Gasteiger partial charge < -0.3 is 9.84 Å². The molecule has 0 saturated carbocycles. The highest BCUT2D eigenvalue weighted by Gasteiger charge is 2.12. The van der Waals surface area contributed by atoms with Crippen LogP contribution < -0.4 is 5.56 Å². The van der Waals surface area contributed by atoms with Gasteiger partial charge in [0.1, 0.15) is 4.47 Å². The molecule has 0 amide bonds. The highest BCUT2D eigenvalue weighted by atomic mass is 79.9. The Morgan fingerprint density at radius 3 is 3.00 bits per heavy atom. The van der Waals surface area contributed by atoms with Crippen LogP contribution in [0.15, 0.2) is 20.6 Å². The molecule has 1 heterocycles. The molecule has 0 aromatic carbocycles. The summed E-state index contributed by atoms with van der Waals surface area (Å²) in [4.78, 5) is 16.0. The summed E-state index contributed by atoms with van der Waals surface area (Å²) >= 11 is 4.49. The van der Waals surface area contributed by atoms with Crippen LogP contribution in [-0.2, 0) is 11.3 Å². The van der Waals surface area contributed by atoms with E-state index in [1.54, 1.807) is 0 Å². The molecule has 1 unspecified atom stereocenters. The third-order valence-electron chi connectivity index (χ3n) is 2.30. The summed E-state index contributed by atoms with van der Waals surface area (Å²) in [5.74, 6) is 0. The molecule has 0 radical (unpaired) electrons. The molecule has 0 aliphatic heterocycles. The number of rotatable bonds is 7. The van der Waals surface area contributed by atoms with Gasteiger partial charge in [-0.1, -0.05) is 25.1 Å². The number of aliphatic hydroxyl groups is 1. The van der Waals surface area contributed by atoms with E-state index in [-0.39, 0.29) is 12.1 Å². The first-order valence-corrected chi connectivity index (χ1v) is 7.71. The van der Waals surface area contributed by atoms with E-state index in [0.717, 1.165) is 12.8 Å². The van der Waals surface area contributed by atoms with E-state index in [1.165, 1.54) is 22.5 Å². The molecule has 1 aromatic heterocycles. The minimum atomic E-state index is -0.990. The van der Waals surface area contributed by atoms with Gasteiger partial charge in [-0.05, 0) is 28.6 Å². The zero-order valence-electron chi connectivity index (χ0n) is 10.4. The molecule has 18 heavy (non-hydrogen) atoms. The number of aromatic nitrogens is 2. The first-order valence-electron chi connectivity index (χ1n) is 5.69. The minimum absolute atomic E-state index is 0.0885. The summed E-state index contributed by atoms with van der Waals surface area (Å²) in [6.07, 6.45) is 4.20. The zero-order valence-corrected chi connectivity index (χ0v) is 12.8. The quantitative estimate of drug-likeness (QED) is 0.356. The van der Waals surface area contributed by atoms with Crippen LogP contribution >= 0.6 is 27.7 Å². The predicted octanol–water partition coefficient (Wildman–Crippen LogP) is 1.86. The van der Waals surface area contributed by atoms with Gasteiger partial charge in [0.2, 0.25) is 0 Å². The third-order valence-corrected chi connectivity index (χ3v) is 3.53. The fraction of sp³-hybridized carbons (Fsp3) is 0.636. The number of nitrogens with zero attached hydrogens (tertiary/aromatic N) is 2. The second-order valence-corrected chi connectivity index (χ2v) is 5.32. The summed E-state index contributed by atoms with van der Waals surface area (Å²) in [6.45, 7) is 2.62. The number of unbranched alkanes of at least 4 members (excludes halogenated alkanes) is 1. The highest BCUT2D eigenvalue weighted by molar-refractivity contribution is 9.10. The van der Waals surface area contributed by atoms with Crippen LogP contribution in [0.1, 0.15) is 19.8 Å². The molecule has 1 aromatic rings. The summed E-state index contributed by atoms with van der Waals surface area (Å²) in [5, 5.41) is 10.3. The van der Waals surface area contributed by atoms with Crippen LogP contribution in [0.3, 0.4) is 0 Å². The van der Waals surface area contributed by atoms with E-state index in [9.17, 15) is 9.90 Å². The highest BCUT2D eigenvalue weighted by Crippen LogP contribution is 2.12. The van der Waals surface area contributed by atoms with Gasteiger partial charge in [-0.2, -0.15) is 0 Å². The molecule has 7 heteroatoms. The van der Waals surface area contributed by atoms with Crippen molar-refractivity contribution in [2.45, 2.75) is 37.8 Å². The molecule has 0 spiro atoms. The zero-order chi connectivity index (χ0) is 13.5. The smallest absolute Gasteiger partial charge is 0.268 e. The lowest BCUT2D eigenvalue weighted by Gasteiger charge is -2.15. The summed E-state index contributed by atoms with van der Waals surface area (Å²) < 4.78 is 7.01. The molecule has 0 saturated heterocycles. The van der Waals surface area contributed by atoms with E-state index in [2.05, 4.69) is 20.9 Å². The van der Waals surface area contributed by atoms with E-state index < -0.39 is 6.29 Å². The summed E-state index contributed by atoms with van der Waals surface area (Å²) in [6, 6.07) is 0. The van der Waals surface area contributed by atoms with Crippen molar-refractivity contribution in [2.24, 2.45) is 0 Å². The Morgan fingerprint density at radius 2 is 2.39 bits per heavy atom. The Morgan fingerprint density at radius 1 is 1.67 bits per heavy atom. The van der Waals surface area contributed by atoms with Gasteiger partial charge in [-0.15, -0.1) is 0 Å². The van der Waals surface area contributed by atoms with Gasteiger partial charge >= 0.3 is 0 Å². The molecule has 0 aliphatic rings. The van der Waals surface area contributed by atoms with Crippen molar-refractivity contribution < 1.29 is 9.84 Å². The largest absolute Gasteiger partial charge is 0.366 e. The Kier molecular flexibility index (Phi) is 6.91. The van der Waals surface area contributed by atoms with Crippen molar-refractivity contribution in [3.05, 3.63) is 21.0 Å². The molecule has 1 atom stereocenters. The maximum atomic E-state index is 11.9. The summed E-state index contributed by atoms with van der Waals surface area (Å²) in [5.41, 5.74) is -0.215. The molecule has 5 nitrogen and oxygen atoms in total.